The summed E-state index contributed by atoms with van der Waals surface area (Å²) in [6.07, 6.45) is 1.28. The Morgan fingerprint density at radius 3 is 2.60 bits per heavy atom. The van der Waals surface area contributed by atoms with E-state index >= 15 is 0 Å². The molecule has 180 valence electrons. The number of nitro benzene ring substituents is 1. The zero-order chi connectivity index (χ0) is 25.4. The number of carbonyl (C=O) groups is 2. The fourth-order valence-electron chi connectivity index (χ4n) is 2.76. The third-order valence-electron chi connectivity index (χ3n) is 4.25. The van der Waals surface area contributed by atoms with Crippen molar-refractivity contribution < 1.29 is 19.2 Å². The first-order valence-electron chi connectivity index (χ1n) is 9.95. The summed E-state index contributed by atoms with van der Waals surface area (Å²) in [5.41, 5.74) is 3.08. The molecule has 0 radical (unpaired) electrons. The van der Waals surface area contributed by atoms with Crippen LogP contribution in [0.3, 0.4) is 0 Å². The quantitative estimate of drug-likeness (QED) is 0.212. The first kappa shape index (κ1) is 26.0. The number of nitrogens with zero attached hydrogens (tertiary/aromatic N) is 2. The Morgan fingerprint density at radius 2 is 1.89 bits per heavy atom. The van der Waals surface area contributed by atoms with Crippen LogP contribution in [0.2, 0.25) is 10.0 Å². The van der Waals surface area contributed by atoms with Crippen LogP contribution in [0.15, 0.2) is 75.6 Å². The number of rotatable bonds is 9. The van der Waals surface area contributed by atoms with Gasteiger partial charge in [0.2, 0.25) is 5.91 Å². The third kappa shape index (κ3) is 7.71. The molecule has 0 aliphatic rings. The lowest BCUT2D eigenvalue weighted by Crippen LogP contribution is -2.24. The molecule has 0 aliphatic carbocycles. The first-order valence-corrected chi connectivity index (χ1v) is 11.5. The predicted octanol–water partition coefficient (Wildman–Crippen LogP) is 5.54. The van der Waals surface area contributed by atoms with Crippen LogP contribution < -0.4 is 15.5 Å². The maximum Gasteiger partial charge on any atom is 0.283 e. The zero-order valence-corrected chi connectivity index (χ0v) is 20.5. The zero-order valence-electron chi connectivity index (χ0n) is 18.2. The smallest absolute Gasteiger partial charge is 0.283 e. The third-order valence-corrected chi connectivity index (χ3v) is 5.92. The number of nitrogens with one attached hydrogen (secondary N) is 2. The van der Waals surface area contributed by atoms with Crippen LogP contribution in [-0.4, -0.2) is 29.6 Å². The first-order chi connectivity index (χ1) is 16.7. The minimum absolute atomic E-state index is 0.149. The number of para-hydroxylation sites is 1. The topological polar surface area (TPSA) is 123 Å². The number of halogens is 2. The molecule has 0 saturated carbocycles. The van der Waals surface area contributed by atoms with Crippen molar-refractivity contribution in [3.05, 3.63) is 86.4 Å². The summed E-state index contributed by atoms with van der Waals surface area (Å²) in [6, 6.07) is 16.1. The molecule has 3 aromatic carbocycles. The molecule has 0 atom stereocenters. The van der Waals surface area contributed by atoms with E-state index in [1.807, 2.05) is 0 Å². The van der Waals surface area contributed by atoms with Gasteiger partial charge in [-0.3, -0.25) is 19.7 Å². The molecule has 0 spiro atoms. The number of hydrogen-bond donors (Lipinski definition) is 2. The maximum absolute atomic E-state index is 12.0. The molecule has 0 fully saturated rings. The fraction of sp³-hybridized carbons (Fsp3) is 0.0870. The number of carbonyl (C=O) groups excluding carboxylic acids is 2. The highest BCUT2D eigenvalue weighted by atomic mass is 35.5. The Kier molecular flexibility index (Phi) is 9.07. The molecule has 0 heterocycles. The summed E-state index contributed by atoms with van der Waals surface area (Å²) in [7, 11) is 0. The van der Waals surface area contributed by atoms with Crippen molar-refractivity contribution in [2.75, 3.05) is 11.9 Å². The van der Waals surface area contributed by atoms with E-state index in [0.717, 1.165) is 11.8 Å². The van der Waals surface area contributed by atoms with Gasteiger partial charge in [-0.25, -0.2) is 5.43 Å². The molecule has 9 nitrogen and oxygen atoms in total. The molecule has 2 amide bonds. The number of hydrazone groups is 1. The Morgan fingerprint density at radius 1 is 1.11 bits per heavy atom. The number of benzene rings is 3. The van der Waals surface area contributed by atoms with Gasteiger partial charge in [-0.1, -0.05) is 53.2 Å². The Balaban J connectivity index is 1.66. The van der Waals surface area contributed by atoms with Crippen LogP contribution in [0.5, 0.6) is 5.75 Å². The van der Waals surface area contributed by atoms with Crippen molar-refractivity contribution in [2.24, 2.45) is 5.10 Å². The number of hydrogen-bond acceptors (Lipinski definition) is 7. The van der Waals surface area contributed by atoms with Gasteiger partial charge in [-0.2, -0.15) is 5.10 Å². The van der Waals surface area contributed by atoms with Gasteiger partial charge in [0.1, 0.15) is 5.75 Å². The standard InChI is InChI=1S/C23H18Cl2N4O5S/c1-14(30)27-18-4-2-3-5-21(18)35-22-9-6-15(10-19(22)29(32)33)12-26-28-23(31)13-34-20-8-7-16(24)11-17(20)25/h2-12H,13H2,1H3,(H,27,30)(H,28,31)/b26-12+. The predicted molar refractivity (Wildman–Crippen MR) is 136 cm³/mol. The summed E-state index contributed by atoms with van der Waals surface area (Å²) in [4.78, 5) is 35.6. The molecular formula is C23H18Cl2N4O5S. The van der Waals surface area contributed by atoms with E-state index in [9.17, 15) is 19.7 Å². The van der Waals surface area contributed by atoms with Gasteiger partial charge in [0.05, 0.1) is 26.7 Å². The van der Waals surface area contributed by atoms with E-state index in [0.29, 0.717) is 31.8 Å². The van der Waals surface area contributed by atoms with Crippen molar-refractivity contribution >= 4 is 64.4 Å². The highest BCUT2D eigenvalue weighted by Crippen LogP contribution is 2.38. The van der Waals surface area contributed by atoms with Gasteiger partial charge in [-0.05, 0) is 36.4 Å². The molecule has 0 aliphatic heterocycles. The van der Waals surface area contributed by atoms with Crippen molar-refractivity contribution in [3.8, 4) is 5.75 Å². The SMILES string of the molecule is CC(=O)Nc1ccccc1Sc1ccc(/C=N/NC(=O)COc2ccc(Cl)cc2Cl)cc1[N+](=O)[O-]. The lowest BCUT2D eigenvalue weighted by Gasteiger charge is -2.10. The maximum atomic E-state index is 12.0. The monoisotopic (exact) mass is 532 g/mol. The minimum atomic E-state index is -0.552. The molecule has 12 heteroatoms. The van der Waals surface area contributed by atoms with Crippen LogP contribution in [0.25, 0.3) is 0 Å². The summed E-state index contributed by atoms with van der Waals surface area (Å²) in [5.74, 6) is -0.509. The summed E-state index contributed by atoms with van der Waals surface area (Å²) in [5, 5.41) is 18.9. The number of nitro groups is 1. The lowest BCUT2D eigenvalue weighted by molar-refractivity contribution is -0.387. The summed E-state index contributed by atoms with van der Waals surface area (Å²) in [6.45, 7) is 1.04. The van der Waals surface area contributed by atoms with E-state index in [-0.39, 0.29) is 23.2 Å². The van der Waals surface area contributed by atoms with Crippen LogP contribution in [0.1, 0.15) is 12.5 Å². The average molecular weight is 533 g/mol. The number of anilines is 1. The largest absolute Gasteiger partial charge is 0.482 e. The van der Waals surface area contributed by atoms with Crippen molar-refractivity contribution in [1.82, 2.24) is 5.43 Å². The lowest BCUT2D eigenvalue weighted by atomic mass is 10.2. The Labute approximate surface area is 214 Å². The van der Waals surface area contributed by atoms with Gasteiger partial charge in [0.15, 0.2) is 6.61 Å². The molecule has 0 bridgehead atoms. The van der Waals surface area contributed by atoms with Crippen LogP contribution in [0.4, 0.5) is 11.4 Å². The van der Waals surface area contributed by atoms with Gasteiger partial charge in [-0.15, -0.1) is 0 Å². The highest BCUT2D eigenvalue weighted by Gasteiger charge is 2.17. The second kappa shape index (κ2) is 12.2. The molecular weight excluding hydrogens is 515 g/mol. The average Bonchev–Trinajstić information content (AvgIpc) is 2.80. The highest BCUT2D eigenvalue weighted by molar-refractivity contribution is 7.99. The Bertz CT molecular complexity index is 1300. The van der Waals surface area contributed by atoms with Crippen molar-refractivity contribution in [3.63, 3.8) is 0 Å². The number of ether oxygens (including phenoxy) is 1. The normalized spacial score (nSPS) is 10.7. The second-order valence-corrected chi connectivity index (χ2v) is 8.85. The van der Waals surface area contributed by atoms with Crippen LogP contribution >= 0.6 is 35.0 Å². The van der Waals surface area contributed by atoms with E-state index in [2.05, 4.69) is 15.8 Å². The molecule has 35 heavy (non-hydrogen) atoms. The van der Waals surface area contributed by atoms with E-state index in [1.165, 1.54) is 31.3 Å². The fourth-order valence-corrected chi connectivity index (χ4v) is 4.21. The molecule has 3 rings (SSSR count). The summed E-state index contributed by atoms with van der Waals surface area (Å²) >= 11 is 13.0. The molecule has 0 aromatic heterocycles. The number of amides is 2. The van der Waals surface area contributed by atoms with Gasteiger partial charge < -0.3 is 10.1 Å². The molecule has 0 unspecified atom stereocenters. The van der Waals surface area contributed by atoms with Gasteiger partial charge in [0, 0.05) is 28.5 Å². The van der Waals surface area contributed by atoms with E-state index in [1.54, 1.807) is 42.5 Å². The van der Waals surface area contributed by atoms with Gasteiger partial charge in [0.25, 0.3) is 11.6 Å². The Hall–Kier alpha value is -3.60. The minimum Gasteiger partial charge on any atom is -0.482 e. The van der Waals surface area contributed by atoms with Crippen molar-refractivity contribution in [1.29, 1.82) is 0 Å². The molecule has 2 N–H and O–H groups in total. The second-order valence-electron chi connectivity index (χ2n) is 6.92. The molecule has 0 saturated heterocycles. The molecule has 3 aromatic rings. The summed E-state index contributed by atoms with van der Waals surface area (Å²) < 4.78 is 5.32. The van der Waals surface area contributed by atoms with Gasteiger partial charge >= 0.3 is 0 Å². The van der Waals surface area contributed by atoms with E-state index in [4.69, 9.17) is 27.9 Å². The van der Waals surface area contributed by atoms with Crippen molar-refractivity contribution in [2.45, 2.75) is 16.7 Å². The van der Waals surface area contributed by atoms with E-state index < -0.39 is 10.8 Å². The van der Waals surface area contributed by atoms with Crippen LogP contribution in [0, 0.1) is 10.1 Å². The van der Waals surface area contributed by atoms with Crippen LogP contribution in [-0.2, 0) is 9.59 Å².